The molecule has 0 bridgehead atoms. The molecule has 1 aliphatic heterocycles. The summed E-state index contributed by atoms with van der Waals surface area (Å²) in [5.74, 6) is 1.37. The van der Waals surface area contributed by atoms with Crippen LogP contribution in [0.4, 0.5) is 0 Å². The van der Waals surface area contributed by atoms with Crippen LogP contribution in [-0.4, -0.2) is 19.2 Å². The molecule has 0 fully saturated rings. The summed E-state index contributed by atoms with van der Waals surface area (Å²) < 4.78 is 11.4. The summed E-state index contributed by atoms with van der Waals surface area (Å²) in [6.45, 7) is 4.70. The van der Waals surface area contributed by atoms with E-state index in [0.717, 1.165) is 41.9 Å². The lowest BCUT2D eigenvalue weighted by Gasteiger charge is -2.27. The van der Waals surface area contributed by atoms with E-state index < -0.39 is 0 Å². The fourth-order valence-electron chi connectivity index (χ4n) is 3.07. The molecule has 2 aromatic carbocycles. The van der Waals surface area contributed by atoms with Gasteiger partial charge in [-0.25, -0.2) is 4.99 Å². The van der Waals surface area contributed by atoms with E-state index in [0.29, 0.717) is 25.7 Å². The number of benzene rings is 2. The highest BCUT2D eigenvalue weighted by atomic mass is 127. The quantitative estimate of drug-likeness (QED) is 0.270. The average Bonchev–Trinajstić information content (AvgIpc) is 2.68. The summed E-state index contributed by atoms with van der Waals surface area (Å²) in [6, 6.07) is 16.4. The highest BCUT2D eigenvalue weighted by molar-refractivity contribution is 14.0. The maximum Gasteiger partial charge on any atom is 0.189 e. The van der Waals surface area contributed by atoms with Gasteiger partial charge in [-0.3, -0.25) is 0 Å². The Hall–Kier alpha value is -1.80. The van der Waals surface area contributed by atoms with Gasteiger partial charge in [0.05, 0.1) is 25.8 Å². The molecule has 0 saturated heterocycles. The van der Waals surface area contributed by atoms with Gasteiger partial charge in [-0.05, 0) is 23.6 Å². The number of fused-ring (bicyclic) bond motifs is 1. The minimum atomic E-state index is 0. The van der Waals surface area contributed by atoms with E-state index in [-0.39, 0.29) is 30.0 Å². The van der Waals surface area contributed by atoms with Crippen molar-refractivity contribution in [1.29, 1.82) is 0 Å². The zero-order valence-corrected chi connectivity index (χ0v) is 18.0. The van der Waals surface area contributed by atoms with Crippen molar-refractivity contribution in [3.05, 3.63) is 65.2 Å². The predicted octanol–water partition coefficient (Wildman–Crippen LogP) is 4.16. The van der Waals surface area contributed by atoms with Crippen LogP contribution >= 0.6 is 24.0 Å². The number of hydrogen-bond acceptors (Lipinski definition) is 3. The molecule has 3 rings (SSSR count). The van der Waals surface area contributed by atoms with Crippen molar-refractivity contribution in [2.75, 3.05) is 13.2 Å². The summed E-state index contributed by atoms with van der Waals surface area (Å²) in [6.07, 6.45) is 1.89. The number of halogens is 1. The third-order valence-corrected chi connectivity index (χ3v) is 4.42. The Balaban J connectivity index is 0.00000261. The van der Waals surface area contributed by atoms with Gasteiger partial charge in [-0.2, -0.15) is 0 Å². The molecule has 5 nitrogen and oxygen atoms in total. The zero-order valence-electron chi connectivity index (χ0n) is 15.7. The van der Waals surface area contributed by atoms with Crippen LogP contribution in [0.25, 0.3) is 0 Å². The molecular formula is C21H28IN3O2. The monoisotopic (exact) mass is 481 g/mol. The number of nitrogens with zero attached hydrogens (tertiary/aromatic N) is 1. The van der Waals surface area contributed by atoms with Gasteiger partial charge in [0.15, 0.2) is 5.96 Å². The van der Waals surface area contributed by atoms with Crippen LogP contribution in [0.5, 0.6) is 5.75 Å². The first-order valence-corrected chi connectivity index (χ1v) is 9.20. The Bertz CT molecular complexity index is 752. The Kier molecular flexibility index (Phi) is 8.87. The van der Waals surface area contributed by atoms with Crippen LogP contribution in [0.2, 0.25) is 0 Å². The molecule has 27 heavy (non-hydrogen) atoms. The minimum Gasteiger partial charge on any atom is -0.493 e. The van der Waals surface area contributed by atoms with Crippen molar-refractivity contribution in [3.63, 3.8) is 0 Å². The standard InChI is InChI=1S/C21H27N3O2.HI/c1-2-12-25-15-17-8-4-3-7-16(17)14-23-21(22)24-19-11-13-26-20-10-6-5-9-18(19)20;/h3-10,19H,2,11-15H2,1H3,(H3,22,23,24);1H. The number of hydrogen-bond donors (Lipinski definition) is 2. The Labute approximate surface area is 178 Å². The van der Waals surface area contributed by atoms with E-state index in [4.69, 9.17) is 15.2 Å². The van der Waals surface area contributed by atoms with Gasteiger partial charge < -0.3 is 20.5 Å². The van der Waals surface area contributed by atoms with Crippen LogP contribution in [0, 0.1) is 0 Å². The van der Waals surface area contributed by atoms with E-state index in [1.54, 1.807) is 0 Å². The number of nitrogens with one attached hydrogen (secondary N) is 1. The molecule has 1 heterocycles. The van der Waals surface area contributed by atoms with Crippen LogP contribution < -0.4 is 15.8 Å². The Morgan fingerprint density at radius 3 is 2.74 bits per heavy atom. The predicted molar refractivity (Wildman–Crippen MR) is 120 cm³/mol. The van der Waals surface area contributed by atoms with E-state index in [9.17, 15) is 0 Å². The molecule has 0 amide bonds. The van der Waals surface area contributed by atoms with Crippen molar-refractivity contribution in [3.8, 4) is 5.75 Å². The molecule has 1 unspecified atom stereocenters. The largest absolute Gasteiger partial charge is 0.493 e. The van der Waals surface area contributed by atoms with E-state index >= 15 is 0 Å². The lowest BCUT2D eigenvalue weighted by Crippen LogP contribution is -2.37. The topological polar surface area (TPSA) is 68.9 Å². The normalized spacial score (nSPS) is 16.0. The summed E-state index contributed by atoms with van der Waals surface area (Å²) >= 11 is 0. The second kappa shape index (κ2) is 11.1. The maximum absolute atomic E-state index is 6.15. The SMILES string of the molecule is CCCOCc1ccccc1CN=C(N)NC1CCOc2ccccc21.I. The van der Waals surface area contributed by atoms with Crippen LogP contribution in [-0.2, 0) is 17.9 Å². The first-order valence-electron chi connectivity index (χ1n) is 9.20. The maximum atomic E-state index is 6.15. The second-order valence-corrected chi connectivity index (χ2v) is 6.39. The molecule has 6 heteroatoms. The minimum absolute atomic E-state index is 0. The number of guanidine groups is 1. The fourth-order valence-corrected chi connectivity index (χ4v) is 3.07. The molecule has 1 aliphatic rings. The summed E-state index contributed by atoms with van der Waals surface area (Å²) in [5, 5.41) is 3.33. The molecule has 0 aliphatic carbocycles. The summed E-state index contributed by atoms with van der Waals surface area (Å²) in [5.41, 5.74) is 9.58. The van der Waals surface area contributed by atoms with Crippen molar-refractivity contribution >= 4 is 29.9 Å². The molecule has 3 N–H and O–H groups in total. The van der Waals surface area contributed by atoms with Crippen LogP contribution in [0.3, 0.4) is 0 Å². The van der Waals surface area contributed by atoms with Gasteiger partial charge in [0.2, 0.25) is 0 Å². The average molecular weight is 481 g/mol. The molecule has 0 saturated carbocycles. The smallest absolute Gasteiger partial charge is 0.189 e. The number of para-hydroxylation sites is 1. The Morgan fingerprint density at radius 2 is 1.93 bits per heavy atom. The molecule has 1 atom stereocenters. The van der Waals surface area contributed by atoms with Crippen molar-refractivity contribution < 1.29 is 9.47 Å². The van der Waals surface area contributed by atoms with Gasteiger partial charge in [-0.1, -0.05) is 49.4 Å². The van der Waals surface area contributed by atoms with Gasteiger partial charge in [-0.15, -0.1) is 24.0 Å². The number of nitrogens with two attached hydrogens (primary N) is 1. The van der Waals surface area contributed by atoms with Gasteiger partial charge in [0, 0.05) is 18.6 Å². The number of ether oxygens (including phenoxy) is 2. The third-order valence-electron chi connectivity index (χ3n) is 4.42. The first-order chi connectivity index (χ1) is 12.8. The highest BCUT2D eigenvalue weighted by Gasteiger charge is 2.21. The van der Waals surface area contributed by atoms with Gasteiger partial charge in [0.25, 0.3) is 0 Å². The summed E-state index contributed by atoms with van der Waals surface area (Å²) in [4.78, 5) is 4.54. The zero-order chi connectivity index (χ0) is 18.2. The van der Waals surface area contributed by atoms with Gasteiger partial charge in [0.1, 0.15) is 5.75 Å². The van der Waals surface area contributed by atoms with Gasteiger partial charge >= 0.3 is 0 Å². The van der Waals surface area contributed by atoms with Crippen LogP contribution in [0.1, 0.15) is 42.5 Å². The molecule has 146 valence electrons. The first kappa shape index (κ1) is 21.5. The van der Waals surface area contributed by atoms with Crippen molar-refractivity contribution in [1.82, 2.24) is 5.32 Å². The van der Waals surface area contributed by atoms with E-state index in [1.165, 1.54) is 0 Å². The fraction of sp³-hybridized carbons (Fsp3) is 0.381. The van der Waals surface area contributed by atoms with Crippen molar-refractivity contribution in [2.24, 2.45) is 10.7 Å². The van der Waals surface area contributed by atoms with Crippen LogP contribution in [0.15, 0.2) is 53.5 Å². The second-order valence-electron chi connectivity index (χ2n) is 6.39. The molecule has 0 aromatic heterocycles. The molecular weight excluding hydrogens is 453 g/mol. The Morgan fingerprint density at radius 1 is 1.19 bits per heavy atom. The molecule has 0 radical (unpaired) electrons. The number of aliphatic imine (C=N–C) groups is 1. The highest BCUT2D eigenvalue weighted by Crippen LogP contribution is 2.31. The summed E-state index contributed by atoms with van der Waals surface area (Å²) in [7, 11) is 0. The third kappa shape index (κ3) is 6.10. The van der Waals surface area contributed by atoms with E-state index in [2.05, 4.69) is 35.4 Å². The molecule has 0 spiro atoms. The lowest BCUT2D eigenvalue weighted by atomic mass is 10.0. The van der Waals surface area contributed by atoms with Crippen molar-refractivity contribution in [2.45, 2.75) is 39.0 Å². The molecule has 2 aromatic rings. The number of rotatable bonds is 7. The van der Waals surface area contributed by atoms with E-state index in [1.807, 2.05) is 30.3 Å². The lowest BCUT2D eigenvalue weighted by molar-refractivity contribution is 0.121.